The van der Waals surface area contributed by atoms with Gasteiger partial charge in [0.25, 0.3) is 0 Å². The van der Waals surface area contributed by atoms with Gasteiger partial charge in [-0.3, -0.25) is 9.59 Å². The summed E-state index contributed by atoms with van der Waals surface area (Å²) < 4.78 is 44.6. The van der Waals surface area contributed by atoms with Crippen molar-refractivity contribution in [2.24, 2.45) is 0 Å². The molecule has 0 bridgehead atoms. The molecule has 0 radical (unpaired) electrons. The van der Waals surface area contributed by atoms with E-state index in [1.807, 2.05) is 0 Å². The highest BCUT2D eigenvalue weighted by Crippen LogP contribution is 2.26. The summed E-state index contributed by atoms with van der Waals surface area (Å²) in [5.41, 5.74) is 0. The van der Waals surface area contributed by atoms with Crippen molar-refractivity contribution in [1.82, 2.24) is 10.6 Å². The Kier molecular flexibility index (Phi) is 17.3. The Morgan fingerprint density at radius 3 is 1.49 bits per heavy atom. The Hall–Kier alpha value is -1.70. The number of amides is 2. The first-order chi connectivity index (χ1) is 23.3. The summed E-state index contributed by atoms with van der Waals surface area (Å²) in [6.07, 6.45) is -15.8. The highest BCUT2D eigenvalue weighted by atomic mass is 16.7. The molecule has 0 spiro atoms. The van der Waals surface area contributed by atoms with E-state index in [4.69, 9.17) is 37.9 Å². The van der Waals surface area contributed by atoms with E-state index in [2.05, 4.69) is 10.6 Å². The van der Waals surface area contributed by atoms with Crippen LogP contribution in [0, 0.1) is 0 Å². The number of carbonyl (C=O) groups excluding carboxylic acids is 2. The normalized spacial score (nSPS) is 39.8. The van der Waals surface area contributed by atoms with Gasteiger partial charge in [-0.05, 0) is 12.8 Å². The lowest BCUT2D eigenvalue weighted by molar-refractivity contribution is -0.304. The standard InChI is InChI=1S/C29H52N2O18/c1-13(34)30-18-23(39)20(36)15(10-32)47-27(18)45-8-4-6-43-12-17-22(38)26(25(41)29(42-3)49-17)44-7-5-9-46-28-19(31-14(2)35)24(40)21(37)16(11-33)48-28/h15-29,32-33,36-41H,4-12H2,1-3H3,(H,30,34)(H,31,35). The molecule has 15 atom stereocenters. The Morgan fingerprint density at radius 1 is 0.592 bits per heavy atom. The van der Waals surface area contributed by atoms with Crippen LogP contribution in [0.15, 0.2) is 0 Å². The molecule has 49 heavy (non-hydrogen) atoms. The molecule has 0 saturated carbocycles. The molecule has 2 amide bonds. The van der Waals surface area contributed by atoms with Crippen LogP contribution < -0.4 is 10.6 Å². The molecule has 10 N–H and O–H groups in total. The summed E-state index contributed by atoms with van der Waals surface area (Å²) in [6, 6.07) is -2.18. The number of ether oxygens (including phenoxy) is 8. The summed E-state index contributed by atoms with van der Waals surface area (Å²) in [6.45, 7) is 1.29. The smallest absolute Gasteiger partial charge is 0.217 e. The van der Waals surface area contributed by atoms with Gasteiger partial charge in [-0.2, -0.15) is 0 Å². The van der Waals surface area contributed by atoms with Crippen LogP contribution in [-0.2, 0) is 47.5 Å². The van der Waals surface area contributed by atoms with Gasteiger partial charge in [-0.15, -0.1) is 0 Å². The maximum Gasteiger partial charge on any atom is 0.217 e. The Morgan fingerprint density at radius 2 is 1.04 bits per heavy atom. The van der Waals surface area contributed by atoms with E-state index in [9.17, 15) is 50.4 Å². The van der Waals surface area contributed by atoms with Crippen LogP contribution in [0.5, 0.6) is 0 Å². The second kappa shape index (κ2) is 20.4. The Balaban J connectivity index is 1.43. The van der Waals surface area contributed by atoms with Gasteiger partial charge in [-0.25, -0.2) is 0 Å². The number of rotatable bonds is 18. The molecule has 0 aromatic carbocycles. The molecule has 286 valence electrons. The number of carbonyl (C=O) groups is 2. The minimum atomic E-state index is -1.46. The molecular formula is C29H52N2O18. The first-order valence-electron chi connectivity index (χ1n) is 16.1. The summed E-state index contributed by atoms with van der Waals surface area (Å²) in [5, 5.41) is 86.4. The van der Waals surface area contributed by atoms with Gasteiger partial charge in [0.15, 0.2) is 18.9 Å². The zero-order chi connectivity index (χ0) is 36.2. The molecule has 3 rings (SSSR count). The zero-order valence-corrected chi connectivity index (χ0v) is 27.7. The molecule has 0 aromatic rings. The molecule has 20 nitrogen and oxygen atoms in total. The number of hydrogen-bond donors (Lipinski definition) is 10. The first kappa shape index (κ1) is 41.7. The van der Waals surface area contributed by atoms with Crippen molar-refractivity contribution in [2.45, 2.75) is 119 Å². The monoisotopic (exact) mass is 716 g/mol. The second-order valence-corrected chi connectivity index (χ2v) is 12.0. The summed E-state index contributed by atoms with van der Waals surface area (Å²) in [7, 11) is 1.31. The second-order valence-electron chi connectivity index (χ2n) is 12.0. The fraction of sp³-hybridized carbons (Fsp3) is 0.931. The molecule has 3 heterocycles. The molecular weight excluding hydrogens is 664 g/mol. The SMILES string of the molecule is COC1OC(COCCCOC2OC(CO)C(O)C(O)C2NC(C)=O)C(O)C(OCCCOC2OC(CO)C(O)C(O)C2NC(C)=O)C1O. The lowest BCUT2D eigenvalue weighted by Gasteiger charge is -2.42. The third-order valence-electron chi connectivity index (χ3n) is 8.25. The number of hydrogen-bond acceptors (Lipinski definition) is 18. The Bertz CT molecular complexity index is 999. The minimum Gasteiger partial charge on any atom is -0.394 e. The highest BCUT2D eigenvalue weighted by Gasteiger charge is 2.48. The van der Waals surface area contributed by atoms with Crippen LogP contribution in [-0.4, -0.2) is 198 Å². The van der Waals surface area contributed by atoms with E-state index in [1.165, 1.54) is 21.0 Å². The Labute approximate surface area is 283 Å². The van der Waals surface area contributed by atoms with E-state index < -0.39 is 117 Å². The lowest BCUT2D eigenvalue weighted by atomic mass is 9.97. The van der Waals surface area contributed by atoms with Crippen LogP contribution in [0.4, 0.5) is 0 Å². The van der Waals surface area contributed by atoms with Gasteiger partial charge < -0.3 is 89.4 Å². The average molecular weight is 717 g/mol. The van der Waals surface area contributed by atoms with E-state index in [0.717, 1.165) is 0 Å². The van der Waals surface area contributed by atoms with Crippen LogP contribution in [0.3, 0.4) is 0 Å². The predicted octanol–water partition coefficient (Wildman–Crippen LogP) is -5.82. The molecule has 3 aliphatic heterocycles. The predicted molar refractivity (Wildman–Crippen MR) is 160 cm³/mol. The molecule has 3 fully saturated rings. The van der Waals surface area contributed by atoms with Crippen molar-refractivity contribution in [3.8, 4) is 0 Å². The average Bonchev–Trinajstić information content (AvgIpc) is 3.06. The number of aliphatic hydroxyl groups excluding tert-OH is 8. The van der Waals surface area contributed by atoms with Gasteiger partial charge in [0.05, 0.1) is 33.0 Å². The van der Waals surface area contributed by atoms with Crippen molar-refractivity contribution >= 4 is 11.8 Å². The van der Waals surface area contributed by atoms with Crippen LogP contribution in [0.2, 0.25) is 0 Å². The molecule has 0 aromatic heterocycles. The fourth-order valence-corrected chi connectivity index (χ4v) is 5.70. The zero-order valence-electron chi connectivity index (χ0n) is 27.7. The largest absolute Gasteiger partial charge is 0.394 e. The fourth-order valence-electron chi connectivity index (χ4n) is 5.70. The van der Waals surface area contributed by atoms with Crippen molar-refractivity contribution in [1.29, 1.82) is 0 Å². The number of aliphatic hydroxyl groups is 8. The van der Waals surface area contributed by atoms with E-state index >= 15 is 0 Å². The first-order valence-corrected chi connectivity index (χ1v) is 16.1. The number of methoxy groups -OCH3 is 1. The van der Waals surface area contributed by atoms with Gasteiger partial charge in [0, 0.05) is 34.2 Å². The molecule has 15 unspecified atom stereocenters. The summed E-state index contributed by atoms with van der Waals surface area (Å²) >= 11 is 0. The summed E-state index contributed by atoms with van der Waals surface area (Å²) in [5.74, 6) is -0.975. The molecule has 3 aliphatic rings. The van der Waals surface area contributed by atoms with Gasteiger partial charge in [-0.1, -0.05) is 0 Å². The van der Waals surface area contributed by atoms with Crippen molar-refractivity contribution in [3.05, 3.63) is 0 Å². The molecule has 3 saturated heterocycles. The molecule has 20 heteroatoms. The quantitative estimate of drug-likeness (QED) is 0.0591. The number of nitrogens with one attached hydrogen (secondary N) is 2. The van der Waals surface area contributed by atoms with Crippen molar-refractivity contribution in [2.75, 3.05) is 53.4 Å². The van der Waals surface area contributed by atoms with Crippen molar-refractivity contribution < 1.29 is 88.3 Å². The maximum absolute atomic E-state index is 11.6. The van der Waals surface area contributed by atoms with E-state index in [-0.39, 0.29) is 39.5 Å². The third kappa shape index (κ3) is 11.4. The van der Waals surface area contributed by atoms with Gasteiger partial charge in [0.1, 0.15) is 73.1 Å². The van der Waals surface area contributed by atoms with Crippen LogP contribution in [0.1, 0.15) is 26.7 Å². The van der Waals surface area contributed by atoms with Gasteiger partial charge in [0.2, 0.25) is 11.8 Å². The third-order valence-corrected chi connectivity index (χ3v) is 8.25. The maximum atomic E-state index is 11.6. The molecule has 0 aliphatic carbocycles. The van der Waals surface area contributed by atoms with Crippen molar-refractivity contribution in [3.63, 3.8) is 0 Å². The van der Waals surface area contributed by atoms with E-state index in [0.29, 0.717) is 6.42 Å². The minimum absolute atomic E-state index is 0.0160. The highest BCUT2D eigenvalue weighted by molar-refractivity contribution is 5.73. The van der Waals surface area contributed by atoms with E-state index in [1.54, 1.807) is 0 Å². The summed E-state index contributed by atoms with van der Waals surface area (Å²) in [4.78, 5) is 23.2. The van der Waals surface area contributed by atoms with Crippen LogP contribution >= 0.6 is 0 Å². The lowest BCUT2D eigenvalue weighted by Crippen LogP contribution is -2.64. The van der Waals surface area contributed by atoms with Crippen LogP contribution in [0.25, 0.3) is 0 Å². The topological polar surface area (TPSA) is 294 Å². The van der Waals surface area contributed by atoms with Gasteiger partial charge >= 0.3 is 0 Å².